The molecular formula is C15H18ClN5O3S. The van der Waals surface area contributed by atoms with Gasteiger partial charge in [-0.05, 0) is 31.2 Å². The molecule has 0 aliphatic heterocycles. The van der Waals surface area contributed by atoms with Crippen LogP contribution in [0.25, 0.3) is 0 Å². The molecule has 134 valence electrons. The third-order valence-corrected chi connectivity index (χ3v) is 4.46. The van der Waals surface area contributed by atoms with Gasteiger partial charge in [0.15, 0.2) is 0 Å². The van der Waals surface area contributed by atoms with Crippen molar-refractivity contribution in [3.8, 4) is 5.75 Å². The van der Waals surface area contributed by atoms with Gasteiger partial charge >= 0.3 is 0 Å². The van der Waals surface area contributed by atoms with Crippen LogP contribution in [-0.4, -0.2) is 51.6 Å². The van der Waals surface area contributed by atoms with E-state index in [-0.39, 0.29) is 22.5 Å². The summed E-state index contributed by atoms with van der Waals surface area (Å²) in [7, 11) is 1.67. The number of nitrogens with zero attached hydrogens (tertiary/aromatic N) is 4. The molecule has 0 spiro atoms. The van der Waals surface area contributed by atoms with E-state index in [9.17, 15) is 9.59 Å². The van der Waals surface area contributed by atoms with Crippen LogP contribution in [0.15, 0.2) is 34.2 Å². The number of aromatic nitrogens is 3. The fourth-order valence-corrected chi connectivity index (χ4v) is 2.68. The van der Waals surface area contributed by atoms with E-state index in [4.69, 9.17) is 22.2 Å². The lowest BCUT2D eigenvalue weighted by atomic mass is 10.3. The van der Waals surface area contributed by atoms with Crippen molar-refractivity contribution in [3.63, 3.8) is 0 Å². The molecule has 0 aliphatic carbocycles. The Balaban J connectivity index is 1.79. The predicted octanol–water partition coefficient (Wildman–Crippen LogP) is 0.943. The third kappa shape index (κ3) is 5.36. The first-order valence-electron chi connectivity index (χ1n) is 7.35. The van der Waals surface area contributed by atoms with Crippen LogP contribution in [0.3, 0.4) is 0 Å². The van der Waals surface area contributed by atoms with E-state index in [0.717, 1.165) is 16.4 Å². The van der Waals surface area contributed by atoms with Crippen molar-refractivity contribution in [2.75, 3.05) is 31.8 Å². The van der Waals surface area contributed by atoms with Gasteiger partial charge in [-0.25, -0.2) is 0 Å². The van der Waals surface area contributed by atoms with Gasteiger partial charge in [0, 0.05) is 12.1 Å². The molecule has 8 nitrogen and oxygen atoms in total. The van der Waals surface area contributed by atoms with Crippen LogP contribution >= 0.6 is 23.4 Å². The molecular weight excluding hydrogens is 366 g/mol. The smallest absolute Gasteiger partial charge is 0.294 e. The summed E-state index contributed by atoms with van der Waals surface area (Å²) in [4.78, 5) is 25.3. The number of benzene rings is 1. The second-order valence-electron chi connectivity index (χ2n) is 5.15. The summed E-state index contributed by atoms with van der Waals surface area (Å²) in [6.07, 6.45) is 0. The van der Waals surface area contributed by atoms with Gasteiger partial charge in [0.2, 0.25) is 11.1 Å². The first kappa shape index (κ1) is 19.1. The number of nitrogens with two attached hydrogens (primary N) is 1. The van der Waals surface area contributed by atoms with Gasteiger partial charge in [0.05, 0.1) is 12.3 Å². The van der Waals surface area contributed by atoms with Gasteiger partial charge in [-0.1, -0.05) is 23.4 Å². The topological polar surface area (TPSA) is 103 Å². The van der Waals surface area contributed by atoms with Crippen LogP contribution in [0.4, 0.5) is 0 Å². The van der Waals surface area contributed by atoms with E-state index < -0.39 is 5.56 Å². The third-order valence-electron chi connectivity index (χ3n) is 3.28. The molecule has 0 unspecified atom stereocenters. The molecule has 0 saturated carbocycles. The summed E-state index contributed by atoms with van der Waals surface area (Å²) < 4.78 is 6.44. The fourth-order valence-electron chi connectivity index (χ4n) is 1.76. The lowest BCUT2D eigenvalue weighted by molar-refractivity contribution is -0.127. The number of aryl methyl sites for hydroxylation is 1. The van der Waals surface area contributed by atoms with Crippen molar-refractivity contribution in [2.45, 2.75) is 12.1 Å². The molecule has 1 heterocycles. The van der Waals surface area contributed by atoms with Crippen molar-refractivity contribution in [1.82, 2.24) is 19.8 Å². The Morgan fingerprint density at radius 2 is 2.04 bits per heavy atom. The molecule has 0 atom stereocenters. The molecule has 0 fully saturated rings. The Labute approximate surface area is 153 Å². The Hall–Kier alpha value is -2.26. The zero-order chi connectivity index (χ0) is 18.4. The highest BCUT2D eigenvalue weighted by Crippen LogP contribution is 2.15. The number of hydrogen-bond donors (Lipinski definition) is 1. The largest absolute Gasteiger partial charge is 0.492 e. The second-order valence-corrected chi connectivity index (χ2v) is 6.53. The average Bonchev–Trinajstić information content (AvgIpc) is 2.60. The highest BCUT2D eigenvalue weighted by Gasteiger charge is 2.13. The summed E-state index contributed by atoms with van der Waals surface area (Å²) in [5.74, 6) is 6.26. The Morgan fingerprint density at radius 1 is 1.36 bits per heavy atom. The molecule has 10 heteroatoms. The first-order valence-corrected chi connectivity index (χ1v) is 8.71. The molecule has 25 heavy (non-hydrogen) atoms. The minimum absolute atomic E-state index is 0.0891. The zero-order valence-corrected chi connectivity index (χ0v) is 15.4. The molecule has 0 bridgehead atoms. The van der Waals surface area contributed by atoms with Crippen LogP contribution in [0.1, 0.15) is 5.69 Å². The molecule has 0 radical (unpaired) electrons. The van der Waals surface area contributed by atoms with Crippen LogP contribution in [0, 0.1) is 6.92 Å². The maximum Gasteiger partial charge on any atom is 0.294 e. The maximum atomic E-state index is 12.1. The van der Waals surface area contributed by atoms with Crippen molar-refractivity contribution in [1.29, 1.82) is 0 Å². The lowest BCUT2D eigenvalue weighted by Crippen LogP contribution is -2.34. The molecule has 1 aromatic carbocycles. The van der Waals surface area contributed by atoms with Crippen molar-refractivity contribution in [3.05, 3.63) is 45.3 Å². The van der Waals surface area contributed by atoms with Crippen molar-refractivity contribution < 1.29 is 9.53 Å². The van der Waals surface area contributed by atoms with E-state index in [0.29, 0.717) is 23.9 Å². The maximum absolute atomic E-state index is 12.1. The average molecular weight is 384 g/mol. The SMILES string of the molecule is Cc1nnc(SCC(=O)N(C)CCOc2ccc(Cl)cc2)n(N)c1=O. The monoisotopic (exact) mass is 383 g/mol. The molecule has 2 aromatic rings. The number of likely N-dealkylation sites (N-methyl/N-ethyl adjacent to an activating group) is 1. The number of carbonyl (C=O) groups is 1. The number of ether oxygens (including phenoxy) is 1. The van der Waals surface area contributed by atoms with E-state index in [1.165, 1.54) is 11.8 Å². The second kappa shape index (κ2) is 8.72. The van der Waals surface area contributed by atoms with Gasteiger partial charge in [-0.2, -0.15) is 4.68 Å². The van der Waals surface area contributed by atoms with E-state index in [1.54, 1.807) is 31.3 Å². The summed E-state index contributed by atoms with van der Waals surface area (Å²) in [5.41, 5.74) is -0.232. The van der Waals surface area contributed by atoms with E-state index in [2.05, 4.69) is 10.2 Å². The molecule has 0 aliphatic rings. The number of halogens is 1. The number of thioether (sulfide) groups is 1. The van der Waals surface area contributed by atoms with Crippen LogP contribution in [0.5, 0.6) is 5.75 Å². The van der Waals surface area contributed by atoms with Gasteiger partial charge in [0.25, 0.3) is 5.56 Å². The standard InChI is InChI=1S/C15H18ClN5O3S/c1-10-14(23)21(17)15(19-18-10)25-9-13(22)20(2)7-8-24-12-5-3-11(16)4-6-12/h3-6H,7-9,17H2,1-2H3. The Kier molecular flexibility index (Phi) is 6.65. The number of amides is 1. The molecule has 0 saturated heterocycles. The minimum atomic E-state index is -0.435. The van der Waals surface area contributed by atoms with E-state index >= 15 is 0 Å². The van der Waals surface area contributed by atoms with Gasteiger partial charge in [-0.15, -0.1) is 10.2 Å². The Morgan fingerprint density at radius 3 is 2.72 bits per heavy atom. The van der Waals surface area contributed by atoms with Crippen LogP contribution in [-0.2, 0) is 4.79 Å². The number of hydrogen-bond acceptors (Lipinski definition) is 7. The van der Waals surface area contributed by atoms with E-state index in [1.807, 2.05) is 0 Å². The minimum Gasteiger partial charge on any atom is -0.492 e. The fraction of sp³-hybridized carbons (Fsp3) is 0.333. The Bertz CT molecular complexity index is 797. The number of rotatable bonds is 7. The van der Waals surface area contributed by atoms with Crippen LogP contribution < -0.4 is 16.1 Å². The molecule has 2 rings (SSSR count). The highest BCUT2D eigenvalue weighted by molar-refractivity contribution is 7.99. The van der Waals surface area contributed by atoms with Gasteiger partial charge < -0.3 is 15.5 Å². The zero-order valence-electron chi connectivity index (χ0n) is 13.8. The van der Waals surface area contributed by atoms with Crippen molar-refractivity contribution in [2.24, 2.45) is 0 Å². The normalized spacial score (nSPS) is 10.5. The van der Waals surface area contributed by atoms with Gasteiger partial charge in [0.1, 0.15) is 18.1 Å². The first-order chi connectivity index (χ1) is 11.9. The summed E-state index contributed by atoms with van der Waals surface area (Å²) in [5, 5.41) is 8.36. The summed E-state index contributed by atoms with van der Waals surface area (Å²) >= 11 is 6.86. The summed E-state index contributed by atoms with van der Waals surface area (Å²) in [6, 6.07) is 6.99. The molecule has 1 amide bonds. The van der Waals surface area contributed by atoms with Crippen LogP contribution in [0.2, 0.25) is 5.02 Å². The molecule has 2 N–H and O–H groups in total. The number of carbonyl (C=O) groups excluding carboxylic acids is 1. The summed E-state index contributed by atoms with van der Waals surface area (Å²) in [6.45, 7) is 2.28. The van der Waals surface area contributed by atoms with Crippen molar-refractivity contribution >= 4 is 29.3 Å². The quantitative estimate of drug-likeness (QED) is 0.560. The lowest BCUT2D eigenvalue weighted by Gasteiger charge is -2.17. The predicted molar refractivity (Wildman–Crippen MR) is 96.5 cm³/mol. The number of nitrogen functional groups attached to an aromatic ring is 1. The highest BCUT2D eigenvalue weighted by atomic mass is 35.5. The van der Waals surface area contributed by atoms with Gasteiger partial charge in [-0.3, -0.25) is 9.59 Å². The molecule has 1 aromatic heterocycles.